The Kier molecular flexibility index (Phi) is 8.90. The van der Waals surface area contributed by atoms with Gasteiger partial charge in [0.1, 0.15) is 0 Å². The van der Waals surface area contributed by atoms with Gasteiger partial charge in [0.05, 0.1) is 0 Å². The SMILES string of the molecule is CC.CC(C)N(C)CCN1CCN(C)CC1. The molecule has 0 atom stereocenters. The van der Waals surface area contributed by atoms with Crippen molar-refractivity contribution >= 4 is 0 Å². The van der Waals surface area contributed by atoms with E-state index < -0.39 is 0 Å². The lowest BCUT2D eigenvalue weighted by Crippen LogP contribution is -2.47. The van der Waals surface area contributed by atoms with Gasteiger partial charge in [-0.1, -0.05) is 13.8 Å². The van der Waals surface area contributed by atoms with Crippen molar-refractivity contribution in [3.8, 4) is 0 Å². The Morgan fingerprint density at radius 3 is 2.00 bits per heavy atom. The molecule has 0 aliphatic carbocycles. The van der Waals surface area contributed by atoms with Crippen LogP contribution in [0.4, 0.5) is 0 Å². The molecule has 0 unspecified atom stereocenters. The first kappa shape index (κ1) is 15.9. The van der Waals surface area contributed by atoms with Gasteiger partial charge in [-0.3, -0.25) is 4.90 Å². The molecule has 0 amide bonds. The summed E-state index contributed by atoms with van der Waals surface area (Å²) >= 11 is 0. The molecule has 1 saturated heterocycles. The van der Waals surface area contributed by atoms with Crippen molar-refractivity contribution in [3.05, 3.63) is 0 Å². The number of hydrogen-bond acceptors (Lipinski definition) is 3. The maximum atomic E-state index is 2.57. The number of piperazine rings is 1. The van der Waals surface area contributed by atoms with E-state index in [1.165, 1.54) is 39.3 Å². The highest BCUT2D eigenvalue weighted by Gasteiger charge is 2.14. The van der Waals surface area contributed by atoms with Crippen molar-refractivity contribution in [2.45, 2.75) is 33.7 Å². The van der Waals surface area contributed by atoms with Gasteiger partial charge in [0, 0.05) is 45.3 Å². The highest BCUT2D eigenvalue weighted by atomic mass is 15.3. The second-order valence-electron chi connectivity index (χ2n) is 4.72. The number of nitrogens with zero attached hydrogens (tertiary/aromatic N) is 3. The topological polar surface area (TPSA) is 9.72 Å². The van der Waals surface area contributed by atoms with Crippen LogP contribution in [-0.4, -0.2) is 74.1 Å². The summed E-state index contributed by atoms with van der Waals surface area (Å²) in [5.41, 5.74) is 0. The summed E-state index contributed by atoms with van der Waals surface area (Å²) in [7, 11) is 4.42. The van der Waals surface area contributed by atoms with Crippen LogP contribution in [0.3, 0.4) is 0 Å². The summed E-state index contributed by atoms with van der Waals surface area (Å²) in [4.78, 5) is 7.39. The van der Waals surface area contributed by atoms with E-state index in [9.17, 15) is 0 Å². The minimum absolute atomic E-state index is 0.669. The summed E-state index contributed by atoms with van der Waals surface area (Å²) in [6.07, 6.45) is 0. The second-order valence-corrected chi connectivity index (χ2v) is 4.72. The fourth-order valence-corrected chi connectivity index (χ4v) is 1.63. The Morgan fingerprint density at radius 1 is 1.06 bits per heavy atom. The molecule has 1 aliphatic rings. The first-order valence-corrected chi connectivity index (χ1v) is 6.70. The molecule has 0 aromatic rings. The molecule has 1 heterocycles. The van der Waals surface area contributed by atoms with Crippen molar-refractivity contribution in [2.24, 2.45) is 0 Å². The molecule has 0 aromatic heterocycles. The van der Waals surface area contributed by atoms with Crippen LogP contribution >= 0.6 is 0 Å². The standard InChI is InChI=1S/C11H25N3.C2H6/c1-11(2)13(4)7-10-14-8-5-12(3)6-9-14;1-2/h11H,5-10H2,1-4H3;1-2H3. The average molecular weight is 229 g/mol. The molecule has 1 aliphatic heterocycles. The van der Waals surface area contributed by atoms with Crippen LogP contribution in [0.15, 0.2) is 0 Å². The van der Waals surface area contributed by atoms with Crippen LogP contribution in [0.5, 0.6) is 0 Å². The normalized spacial score (nSPS) is 18.8. The Morgan fingerprint density at radius 2 is 1.56 bits per heavy atom. The smallest absolute Gasteiger partial charge is 0.0110 e. The third kappa shape index (κ3) is 6.46. The fourth-order valence-electron chi connectivity index (χ4n) is 1.63. The Balaban J connectivity index is 0.00000106. The van der Waals surface area contributed by atoms with E-state index in [0.29, 0.717) is 6.04 Å². The van der Waals surface area contributed by atoms with Crippen LogP contribution < -0.4 is 0 Å². The molecule has 3 heteroatoms. The molecule has 0 spiro atoms. The molecule has 98 valence electrons. The molecule has 0 radical (unpaired) electrons. The van der Waals surface area contributed by atoms with Crippen molar-refractivity contribution in [3.63, 3.8) is 0 Å². The molecule has 0 N–H and O–H groups in total. The number of rotatable bonds is 4. The van der Waals surface area contributed by atoms with E-state index in [1.54, 1.807) is 0 Å². The zero-order valence-electron chi connectivity index (χ0n) is 12.2. The third-order valence-corrected chi connectivity index (χ3v) is 3.25. The monoisotopic (exact) mass is 229 g/mol. The maximum absolute atomic E-state index is 2.57. The zero-order valence-corrected chi connectivity index (χ0v) is 12.2. The van der Waals surface area contributed by atoms with Crippen LogP contribution in [0.2, 0.25) is 0 Å². The Bertz CT molecular complexity index is 151. The lowest BCUT2D eigenvalue weighted by atomic mass is 10.3. The first-order chi connectivity index (χ1) is 7.59. The van der Waals surface area contributed by atoms with Gasteiger partial charge >= 0.3 is 0 Å². The largest absolute Gasteiger partial charge is 0.304 e. The minimum atomic E-state index is 0.669. The van der Waals surface area contributed by atoms with Crippen molar-refractivity contribution in [1.82, 2.24) is 14.7 Å². The summed E-state index contributed by atoms with van der Waals surface area (Å²) < 4.78 is 0. The molecular formula is C13H31N3. The second kappa shape index (κ2) is 8.97. The highest BCUT2D eigenvalue weighted by Crippen LogP contribution is 2.00. The van der Waals surface area contributed by atoms with Gasteiger partial charge in [-0.25, -0.2) is 0 Å². The van der Waals surface area contributed by atoms with E-state index in [2.05, 4.69) is 42.6 Å². The van der Waals surface area contributed by atoms with E-state index >= 15 is 0 Å². The van der Waals surface area contributed by atoms with Crippen LogP contribution in [0.1, 0.15) is 27.7 Å². The van der Waals surface area contributed by atoms with Gasteiger partial charge < -0.3 is 9.80 Å². The quantitative estimate of drug-likeness (QED) is 0.725. The fraction of sp³-hybridized carbons (Fsp3) is 1.00. The predicted octanol–water partition coefficient (Wildman–Crippen LogP) is 1.60. The van der Waals surface area contributed by atoms with E-state index in [1.807, 2.05) is 13.8 Å². The number of likely N-dealkylation sites (N-methyl/N-ethyl adjacent to an activating group) is 2. The molecule has 16 heavy (non-hydrogen) atoms. The van der Waals surface area contributed by atoms with E-state index in [4.69, 9.17) is 0 Å². The lowest BCUT2D eigenvalue weighted by Gasteiger charge is -2.33. The average Bonchev–Trinajstić information content (AvgIpc) is 2.30. The Hall–Kier alpha value is -0.120. The van der Waals surface area contributed by atoms with Crippen LogP contribution in [0, 0.1) is 0 Å². The summed E-state index contributed by atoms with van der Waals surface area (Å²) in [6, 6.07) is 0.669. The van der Waals surface area contributed by atoms with Gasteiger partial charge in [-0.15, -0.1) is 0 Å². The van der Waals surface area contributed by atoms with Crippen molar-refractivity contribution in [2.75, 3.05) is 53.4 Å². The first-order valence-electron chi connectivity index (χ1n) is 6.70. The van der Waals surface area contributed by atoms with Gasteiger partial charge in [-0.05, 0) is 27.9 Å². The molecule has 0 aromatic carbocycles. The molecule has 1 fully saturated rings. The van der Waals surface area contributed by atoms with Gasteiger partial charge in [0.2, 0.25) is 0 Å². The van der Waals surface area contributed by atoms with Crippen molar-refractivity contribution in [1.29, 1.82) is 0 Å². The maximum Gasteiger partial charge on any atom is 0.0110 e. The predicted molar refractivity (Wildman–Crippen MR) is 73.1 cm³/mol. The Labute approximate surface area is 102 Å². The van der Waals surface area contributed by atoms with Gasteiger partial charge in [0.25, 0.3) is 0 Å². The summed E-state index contributed by atoms with van der Waals surface area (Å²) in [5, 5.41) is 0. The zero-order chi connectivity index (χ0) is 12.6. The molecule has 0 bridgehead atoms. The highest BCUT2D eigenvalue weighted by molar-refractivity contribution is 4.70. The molecular weight excluding hydrogens is 198 g/mol. The summed E-state index contributed by atoms with van der Waals surface area (Å²) in [5.74, 6) is 0. The van der Waals surface area contributed by atoms with E-state index in [-0.39, 0.29) is 0 Å². The summed E-state index contributed by atoms with van der Waals surface area (Å²) in [6.45, 7) is 15.9. The van der Waals surface area contributed by atoms with Crippen LogP contribution in [-0.2, 0) is 0 Å². The minimum Gasteiger partial charge on any atom is -0.304 e. The van der Waals surface area contributed by atoms with E-state index in [0.717, 1.165) is 0 Å². The molecule has 1 rings (SSSR count). The number of hydrogen-bond donors (Lipinski definition) is 0. The van der Waals surface area contributed by atoms with Gasteiger partial charge in [0.15, 0.2) is 0 Å². The molecule has 3 nitrogen and oxygen atoms in total. The molecule has 0 saturated carbocycles. The van der Waals surface area contributed by atoms with Crippen LogP contribution in [0.25, 0.3) is 0 Å². The van der Waals surface area contributed by atoms with Gasteiger partial charge in [-0.2, -0.15) is 0 Å². The third-order valence-electron chi connectivity index (χ3n) is 3.25. The lowest BCUT2D eigenvalue weighted by molar-refractivity contribution is 0.134. The van der Waals surface area contributed by atoms with Crippen molar-refractivity contribution < 1.29 is 0 Å².